The molecule has 86 valence electrons. The van der Waals surface area contributed by atoms with Crippen LogP contribution in [0.15, 0.2) is 30.4 Å². The molecule has 0 spiro atoms. The van der Waals surface area contributed by atoms with Crippen LogP contribution in [0, 0.1) is 5.82 Å². The van der Waals surface area contributed by atoms with Crippen LogP contribution in [-0.2, 0) is 6.54 Å². The molecule has 0 aliphatic heterocycles. The van der Waals surface area contributed by atoms with Crippen LogP contribution in [0.5, 0.6) is 0 Å². The van der Waals surface area contributed by atoms with E-state index in [4.69, 9.17) is 11.6 Å². The van der Waals surface area contributed by atoms with Gasteiger partial charge in [0.1, 0.15) is 5.82 Å². The Morgan fingerprint density at radius 2 is 2.25 bits per heavy atom. The second kappa shape index (κ2) is 5.46. The molecule has 3 heteroatoms. The number of rotatable bonds is 3. The summed E-state index contributed by atoms with van der Waals surface area (Å²) < 4.78 is 12.8. The summed E-state index contributed by atoms with van der Waals surface area (Å²) in [4.78, 5) is 0. The number of hydrogen-bond acceptors (Lipinski definition) is 1. The van der Waals surface area contributed by atoms with Crippen molar-refractivity contribution in [1.82, 2.24) is 5.32 Å². The lowest BCUT2D eigenvalue weighted by atomic mass is 10.0. The van der Waals surface area contributed by atoms with Crippen molar-refractivity contribution in [3.8, 4) is 0 Å². The van der Waals surface area contributed by atoms with Crippen LogP contribution < -0.4 is 5.32 Å². The first-order valence-corrected chi connectivity index (χ1v) is 5.96. The number of hydrogen-bond donors (Lipinski definition) is 1. The van der Waals surface area contributed by atoms with Crippen LogP contribution in [0.1, 0.15) is 24.8 Å². The summed E-state index contributed by atoms with van der Waals surface area (Å²) in [6.07, 6.45) is 7.78. The zero-order chi connectivity index (χ0) is 11.4. The largest absolute Gasteiger partial charge is 0.310 e. The van der Waals surface area contributed by atoms with E-state index in [9.17, 15) is 4.39 Å². The van der Waals surface area contributed by atoms with E-state index in [0.717, 1.165) is 24.8 Å². The topological polar surface area (TPSA) is 12.0 Å². The average Bonchev–Trinajstić information content (AvgIpc) is 2.29. The molecule has 1 nitrogen and oxygen atoms in total. The van der Waals surface area contributed by atoms with Gasteiger partial charge in [-0.2, -0.15) is 0 Å². The van der Waals surface area contributed by atoms with Gasteiger partial charge >= 0.3 is 0 Å². The molecule has 0 fully saturated rings. The Labute approximate surface area is 100 Å². The van der Waals surface area contributed by atoms with Crippen LogP contribution in [0.3, 0.4) is 0 Å². The second-order valence-electron chi connectivity index (χ2n) is 4.10. The van der Waals surface area contributed by atoms with Gasteiger partial charge in [-0.1, -0.05) is 29.8 Å². The van der Waals surface area contributed by atoms with Gasteiger partial charge in [-0.25, -0.2) is 4.39 Å². The summed E-state index contributed by atoms with van der Waals surface area (Å²) >= 11 is 5.95. The Kier molecular flexibility index (Phi) is 3.97. The second-order valence-corrected chi connectivity index (χ2v) is 4.51. The smallest absolute Gasteiger partial charge is 0.124 e. The van der Waals surface area contributed by atoms with E-state index in [-0.39, 0.29) is 5.82 Å². The first-order chi connectivity index (χ1) is 7.75. The molecule has 0 bridgehead atoms. The quantitative estimate of drug-likeness (QED) is 0.794. The lowest BCUT2D eigenvalue weighted by Gasteiger charge is -2.19. The molecule has 1 aliphatic rings. The van der Waals surface area contributed by atoms with Gasteiger partial charge in [0, 0.05) is 17.6 Å². The summed E-state index contributed by atoms with van der Waals surface area (Å²) in [5.74, 6) is -0.283. The monoisotopic (exact) mass is 239 g/mol. The molecule has 0 radical (unpaired) electrons. The molecule has 1 N–H and O–H groups in total. The molecular weight excluding hydrogens is 225 g/mol. The summed E-state index contributed by atoms with van der Waals surface area (Å²) in [5, 5.41) is 3.94. The van der Waals surface area contributed by atoms with Gasteiger partial charge in [0.05, 0.1) is 0 Å². The Morgan fingerprint density at radius 1 is 1.38 bits per heavy atom. The van der Waals surface area contributed by atoms with Gasteiger partial charge in [0.15, 0.2) is 0 Å². The van der Waals surface area contributed by atoms with E-state index >= 15 is 0 Å². The van der Waals surface area contributed by atoms with Crippen molar-refractivity contribution in [3.05, 3.63) is 46.8 Å². The van der Waals surface area contributed by atoms with Gasteiger partial charge in [-0.3, -0.25) is 0 Å². The molecule has 1 aromatic carbocycles. The third-order valence-corrected chi connectivity index (χ3v) is 3.22. The number of allylic oxidation sites excluding steroid dienone is 1. The van der Waals surface area contributed by atoms with Crippen LogP contribution in [-0.4, -0.2) is 6.04 Å². The summed E-state index contributed by atoms with van der Waals surface area (Å²) in [5.41, 5.74) is 0.956. The van der Waals surface area contributed by atoms with Crippen LogP contribution in [0.2, 0.25) is 5.02 Å². The first kappa shape index (κ1) is 11.6. The van der Waals surface area contributed by atoms with E-state index in [0.29, 0.717) is 17.6 Å². The molecule has 1 unspecified atom stereocenters. The van der Waals surface area contributed by atoms with Gasteiger partial charge in [-0.15, -0.1) is 0 Å². The van der Waals surface area contributed by atoms with Crippen molar-refractivity contribution in [2.24, 2.45) is 0 Å². The van der Waals surface area contributed by atoms with Crippen molar-refractivity contribution >= 4 is 11.6 Å². The van der Waals surface area contributed by atoms with Crippen molar-refractivity contribution in [3.63, 3.8) is 0 Å². The van der Waals surface area contributed by atoms with Crippen LogP contribution >= 0.6 is 11.6 Å². The maximum absolute atomic E-state index is 12.8. The first-order valence-electron chi connectivity index (χ1n) is 5.58. The number of benzene rings is 1. The summed E-state index contributed by atoms with van der Waals surface area (Å²) in [7, 11) is 0. The van der Waals surface area contributed by atoms with Gasteiger partial charge < -0.3 is 5.32 Å². The van der Waals surface area contributed by atoms with E-state index in [1.165, 1.54) is 12.1 Å². The number of nitrogens with one attached hydrogen (secondary N) is 1. The fraction of sp³-hybridized carbons (Fsp3) is 0.385. The fourth-order valence-corrected chi connectivity index (χ4v) is 2.13. The molecule has 0 aromatic heterocycles. The zero-order valence-corrected chi connectivity index (χ0v) is 9.80. The van der Waals surface area contributed by atoms with Gasteiger partial charge in [0.2, 0.25) is 0 Å². The summed E-state index contributed by atoms with van der Waals surface area (Å²) in [6, 6.07) is 5.07. The van der Waals surface area contributed by atoms with E-state index < -0.39 is 0 Å². The molecule has 1 aliphatic carbocycles. The minimum Gasteiger partial charge on any atom is -0.310 e. The van der Waals surface area contributed by atoms with Crippen molar-refractivity contribution in [1.29, 1.82) is 0 Å². The van der Waals surface area contributed by atoms with Crippen molar-refractivity contribution in [2.75, 3.05) is 0 Å². The predicted molar refractivity (Wildman–Crippen MR) is 65.0 cm³/mol. The lowest BCUT2D eigenvalue weighted by Crippen LogP contribution is -2.29. The highest BCUT2D eigenvalue weighted by molar-refractivity contribution is 6.31. The number of halogens is 2. The standard InChI is InChI=1S/C13H15ClFN/c14-13-8-11(15)7-6-10(13)9-16-12-4-2-1-3-5-12/h1-2,6-8,12,16H,3-5,9H2. The molecule has 1 aromatic rings. The highest BCUT2D eigenvalue weighted by Crippen LogP contribution is 2.18. The van der Waals surface area contributed by atoms with Crippen molar-refractivity contribution < 1.29 is 4.39 Å². The Bertz CT molecular complexity index is 390. The normalized spacial score (nSPS) is 20.0. The fourth-order valence-electron chi connectivity index (χ4n) is 1.90. The Hall–Kier alpha value is -0.860. The minimum atomic E-state index is -0.283. The molecule has 0 saturated carbocycles. The maximum atomic E-state index is 12.8. The van der Waals surface area contributed by atoms with Crippen molar-refractivity contribution in [2.45, 2.75) is 31.8 Å². The van der Waals surface area contributed by atoms with Crippen LogP contribution in [0.25, 0.3) is 0 Å². The third-order valence-electron chi connectivity index (χ3n) is 2.87. The van der Waals surface area contributed by atoms with Gasteiger partial charge in [0.25, 0.3) is 0 Å². The van der Waals surface area contributed by atoms with E-state index in [1.54, 1.807) is 6.07 Å². The summed E-state index contributed by atoms with van der Waals surface area (Å²) in [6.45, 7) is 0.706. The third kappa shape index (κ3) is 3.06. The maximum Gasteiger partial charge on any atom is 0.124 e. The minimum absolute atomic E-state index is 0.283. The average molecular weight is 240 g/mol. The zero-order valence-electron chi connectivity index (χ0n) is 9.05. The molecule has 16 heavy (non-hydrogen) atoms. The molecule has 0 heterocycles. The molecule has 2 rings (SSSR count). The molecule has 0 amide bonds. The SMILES string of the molecule is Fc1ccc(CNC2CC=CCC2)c(Cl)c1. The highest BCUT2D eigenvalue weighted by Gasteiger charge is 2.09. The van der Waals surface area contributed by atoms with E-state index in [1.807, 2.05) is 0 Å². The molecule has 1 atom stereocenters. The van der Waals surface area contributed by atoms with Gasteiger partial charge in [-0.05, 0) is 37.0 Å². The van der Waals surface area contributed by atoms with Crippen LogP contribution in [0.4, 0.5) is 4.39 Å². The molecule has 0 saturated heterocycles. The van der Waals surface area contributed by atoms with E-state index in [2.05, 4.69) is 17.5 Å². The Morgan fingerprint density at radius 3 is 2.94 bits per heavy atom. The molecular formula is C13H15ClFN. The Balaban J connectivity index is 1.91. The highest BCUT2D eigenvalue weighted by atomic mass is 35.5. The predicted octanol–water partition coefficient (Wildman–Crippen LogP) is 3.68. The lowest BCUT2D eigenvalue weighted by molar-refractivity contribution is 0.474.